The first-order valence-corrected chi connectivity index (χ1v) is 6.25. The highest BCUT2D eigenvalue weighted by molar-refractivity contribution is 5.95. The van der Waals surface area contributed by atoms with Crippen LogP contribution in [0.5, 0.6) is 0 Å². The fourth-order valence-corrected chi connectivity index (χ4v) is 2.28. The van der Waals surface area contributed by atoms with Crippen molar-refractivity contribution in [2.75, 3.05) is 7.11 Å². The molecular weight excluding hydrogens is 276 g/mol. The van der Waals surface area contributed by atoms with Crippen LogP contribution in [0.15, 0.2) is 48.7 Å². The fraction of sp³-hybridized carbons (Fsp3) is 0.0625. The number of nitrogens with zero attached hydrogens (tertiary/aromatic N) is 1. The van der Waals surface area contributed by atoms with Crippen LogP contribution in [0, 0.1) is 11.6 Å². The third-order valence-corrected chi connectivity index (χ3v) is 3.32. The van der Waals surface area contributed by atoms with E-state index in [-0.39, 0.29) is 11.4 Å². The third-order valence-electron chi connectivity index (χ3n) is 3.32. The number of esters is 1. The van der Waals surface area contributed by atoms with Gasteiger partial charge in [-0.25, -0.2) is 13.6 Å². The third kappa shape index (κ3) is 2.16. The predicted octanol–water partition coefficient (Wildman–Crippen LogP) is 3.70. The summed E-state index contributed by atoms with van der Waals surface area (Å²) in [5, 5.41) is 0.308. The molecule has 3 nitrogen and oxygen atoms in total. The molecule has 21 heavy (non-hydrogen) atoms. The van der Waals surface area contributed by atoms with Gasteiger partial charge in [-0.3, -0.25) is 0 Å². The van der Waals surface area contributed by atoms with Crippen molar-refractivity contribution in [3.63, 3.8) is 0 Å². The first kappa shape index (κ1) is 13.3. The van der Waals surface area contributed by atoms with Crippen LogP contribution in [0.25, 0.3) is 16.6 Å². The second kappa shape index (κ2) is 5.01. The first-order chi connectivity index (χ1) is 10.1. The summed E-state index contributed by atoms with van der Waals surface area (Å²) in [6.45, 7) is 0. The highest BCUT2D eigenvalue weighted by Crippen LogP contribution is 2.25. The van der Waals surface area contributed by atoms with Crippen molar-refractivity contribution in [1.29, 1.82) is 0 Å². The van der Waals surface area contributed by atoms with E-state index in [9.17, 15) is 13.6 Å². The lowest BCUT2D eigenvalue weighted by molar-refractivity contribution is 0.0596. The van der Waals surface area contributed by atoms with E-state index in [4.69, 9.17) is 0 Å². The molecule has 0 atom stereocenters. The quantitative estimate of drug-likeness (QED) is 0.673. The number of carbonyl (C=O) groups excluding carboxylic acids is 1. The number of carbonyl (C=O) groups is 1. The molecule has 0 aliphatic carbocycles. The molecule has 0 saturated carbocycles. The van der Waals surface area contributed by atoms with Crippen LogP contribution in [0.4, 0.5) is 8.78 Å². The molecule has 2 aromatic carbocycles. The number of rotatable bonds is 2. The molecule has 0 saturated heterocycles. The lowest BCUT2D eigenvalue weighted by atomic mass is 10.1. The number of hydrogen-bond acceptors (Lipinski definition) is 2. The minimum absolute atomic E-state index is 0.109. The second-order valence-corrected chi connectivity index (χ2v) is 4.51. The topological polar surface area (TPSA) is 31.2 Å². The molecule has 0 radical (unpaired) electrons. The van der Waals surface area contributed by atoms with Crippen LogP contribution in [0.2, 0.25) is 0 Å². The summed E-state index contributed by atoms with van der Waals surface area (Å²) in [6.07, 6.45) is 1.67. The van der Waals surface area contributed by atoms with Crippen molar-refractivity contribution in [1.82, 2.24) is 4.57 Å². The molecular formula is C16H11F2NO2. The summed E-state index contributed by atoms with van der Waals surface area (Å²) in [4.78, 5) is 11.5. The summed E-state index contributed by atoms with van der Waals surface area (Å²) in [5.74, 6) is -1.68. The Bertz CT molecular complexity index is 822. The maximum absolute atomic E-state index is 14.3. The lowest BCUT2D eigenvalue weighted by Gasteiger charge is -2.07. The normalized spacial score (nSPS) is 10.8. The maximum Gasteiger partial charge on any atom is 0.340 e. The maximum atomic E-state index is 14.3. The van der Waals surface area contributed by atoms with Gasteiger partial charge < -0.3 is 9.30 Å². The largest absolute Gasteiger partial charge is 0.465 e. The van der Waals surface area contributed by atoms with E-state index < -0.39 is 11.8 Å². The SMILES string of the molecule is COC(=O)c1ccc2c(ccn2-c2ccc(F)cc2)c1F. The Labute approximate surface area is 119 Å². The van der Waals surface area contributed by atoms with Gasteiger partial charge in [-0.2, -0.15) is 0 Å². The van der Waals surface area contributed by atoms with E-state index in [1.54, 1.807) is 35.0 Å². The zero-order valence-corrected chi connectivity index (χ0v) is 11.1. The summed E-state index contributed by atoms with van der Waals surface area (Å²) >= 11 is 0. The number of fused-ring (bicyclic) bond motifs is 1. The van der Waals surface area contributed by atoms with Crippen molar-refractivity contribution in [2.45, 2.75) is 0 Å². The van der Waals surface area contributed by atoms with Crippen molar-refractivity contribution in [2.24, 2.45) is 0 Å². The predicted molar refractivity (Wildman–Crippen MR) is 74.5 cm³/mol. The van der Waals surface area contributed by atoms with Crippen LogP contribution < -0.4 is 0 Å². The Morgan fingerprint density at radius 1 is 1.05 bits per heavy atom. The first-order valence-electron chi connectivity index (χ1n) is 6.25. The van der Waals surface area contributed by atoms with E-state index in [1.165, 1.54) is 25.3 Å². The Balaban J connectivity index is 2.18. The van der Waals surface area contributed by atoms with Gasteiger partial charge >= 0.3 is 5.97 Å². The van der Waals surface area contributed by atoms with Gasteiger partial charge in [0.1, 0.15) is 11.6 Å². The van der Waals surface area contributed by atoms with Gasteiger partial charge in [0.25, 0.3) is 0 Å². The summed E-state index contributed by atoms with van der Waals surface area (Å²) in [5.41, 5.74) is 1.19. The molecule has 3 aromatic rings. The minimum Gasteiger partial charge on any atom is -0.465 e. The molecule has 5 heteroatoms. The van der Waals surface area contributed by atoms with Crippen LogP contribution in [-0.2, 0) is 4.74 Å². The number of hydrogen-bond donors (Lipinski definition) is 0. The van der Waals surface area contributed by atoms with Gasteiger partial charge in [0, 0.05) is 17.3 Å². The Morgan fingerprint density at radius 3 is 2.43 bits per heavy atom. The van der Waals surface area contributed by atoms with Crippen LogP contribution in [-0.4, -0.2) is 17.6 Å². The van der Waals surface area contributed by atoms with E-state index in [0.29, 0.717) is 16.6 Å². The Morgan fingerprint density at radius 2 is 1.76 bits per heavy atom. The molecule has 0 unspecified atom stereocenters. The highest BCUT2D eigenvalue weighted by atomic mass is 19.1. The number of benzene rings is 2. The van der Waals surface area contributed by atoms with Crippen molar-refractivity contribution in [3.05, 3.63) is 65.9 Å². The van der Waals surface area contributed by atoms with E-state index in [2.05, 4.69) is 4.74 Å². The van der Waals surface area contributed by atoms with Gasteiger partial charge in [0.2, 0.25) is 0 Å². The standard InChI is InChI=1S/C16H11F2NO2/c1-21-16(20)13-6-7-14-12(15(13)18)8-9-19(14)11-4-2-10(17)3-5-11/h2-9H,1H3. The Hall–Kier alpha value is -2.69. The van der Waals surface area contributed by atoms with Crippen LogP contribution in [0.3, 0.4) is 0 Å². The van der Waals surface area contributed by atoms with Gasteiger partial charge in [0.05, 0.1) is 18.2 Å². The molecule has 0 N–H and O–H groups in total. The number of methoxy groups -OCH3 is 1. The zero-order valence-electron chi connectivity index (χ0n) is 11.1. The van der Waals surface area contributed by atoms with Crippen LogP contribution in [0.1, 0.15) is 10.4 Å². The van der Waals surface area contributed by atoms with Crippen molar-refractivity contribution in [3.8, 4) is 5.69 Å². The number of ether oxygens (including phenoxy) is 1. The van der Waals surface area contributed by atoms with Gasteiger partial charge in [-0.15, -0.1) is 0 Å². The Kier molecular flexibility index (Phi) is 3.17. The van der Waals surface area contributed by atoms with Gasteiger partial charge in [0.15, 0.2) is 0 Å². The molecule has 0 fully saturated rings. The summed E-state index contributed by atoms with van der Waals surface area (Å²) in [6, 6.07) is 10.4. The fourth-order valence-electron chi connectivity index (χ4n) is 2.28. The lowest BCUT2D eigenvalue weighted by Crippen LogP contribution is -2.04. The summed E-state index contributed by atoms with van der Waals surface area (Å²) < 4.78 is 33.6. The molecule has 0 spiro atoms. The van der Waals surface area contributed by atoms with E-state index in [0.717, 1.165) is 0 Å². The molecule has 106 valence electrons. The monoisotopic (exact) mass is 287 g/mol. The average Bonchev–Trinajstić information content (AvgIpc) is 2.92. The van der Waals surface area contributed by atoms with Gasteiger partial charge in [-0.05, 0) is 42.5 Å². The molecule has 0 amide bonds. The van der Waals surface area contributed by atoms with E-state index >= 15 is 0 Å². The number of halogens is 2. The minimum atomic E-state index is -0.719. The second-order valence-electron chi connectivity index (χ2n) is 4.51. The average molecular weight is 287 g/mol. The molecule has 0 aliphatic rings. The van der Waals surface area contributed by atoms with Crippen LogP contribution >= 0.6 is 0 Å². The summed E-state index contributed by atoms with van der Waals surface area (Å²) in [7, 11) is 1.20. The zero-order chi connectivity index (χ0) is 15.0. The molecule has 0 bridgehead atoms. The van der Waals surface area contributed by atoms with E-state index in [1.807, 2.05) is 0 Å². The van der Waals surface area contributed by atoms with Crippen molar-refractivity contribution < 1.29 is 18.3 Å². The van der Waals surface area contributed by atoms with Crippen molar-refractivity contribution >= 4 is 16.9 Å². The smallest absolute Gasteiger partial charge is 0.340 e. The highest BCUT2D eigenvalue weighted by Gasteiger charge is 2.16. The van der Waals surface area contributed by atoms with Gasteiger partial charge in [-0.1, -0.05) is 0 Å². The molecule has 1 aromatic heterocycles. The molecule has 3 rings (SSSR count). The molecule has 0 aliphatic heterocycles. The molecule has 1 heterocycles. The number of aromatic nitrogens is 1.